The summed E-state index contributed by atoms with van der Waals surface area (Å²) < 4.78 is 5.16. The summed E-state index contributed by atoms with van der Waals surface area (Å²) in [6, 6.07) is 7.11. The van der Waals surface area contributed by atoms with Gasteiger partial charge in [-0.2, -0.15) is 0 Å². The van der Waals surface area contributed by atoms with Crippen LogP contribution in [0.15, 0.2) is 41.0 Å². The summed E-state index contributed by atoms with van der Waals surface area (Å²) in [5.74, 6) is -0.112. The van der Waals surface area contributed by atoms with Crippen molar-refractivity contribution < 1.29 is 19.2 Å². The Morgan fingerprint density at radius 2 is 2.21 bits per heavy atom. The van der Waals surface area contributed by atoms with Crippen molar-refractivity contribution in [1.82, 2.24) is 5.32 Å². The topological polar surface area (TPSA) is 118 Å². The molecule has 0 aliphatic heterocycles. The molecule has 1 aliphatic rings. The maximum Gasteiger partial charge on any atom is 0.293 e. The summed E-state index contributed by atoms with van der Waals surface area (Å²) in [4.78, 5) is 23.0. The Morgan fingerprint density at radius 1 is 1.42 bits per heavy atom. The average Bonchev–Trinajstić information content (AvgIpc) is 3.22. The number of hydrogen-bond donors (Lipinski definition) is 3. The molecule has 126 valence electrons. The smallest absolute Gasteiger partial charge is 0.293 e. The van der Waals surface area contributed by atoms with E-state index in [2.05, 4.69) is 10.6 Å². The van der Waals surface area contributed by atoms with E-state index in [0.717, 1.165) is 12.8 Å². The largest absolute Gasteiger partial charge is 0.467 e. The molecule has 2 aromatic rings. The van der Waals surface area contributed by atoms with E-state index in [9.17, 15) is 20.0 Å². The van der Waals surface area contributed by atoms with Crippen LogP contribution < -0.4 is 10.6 Å². The zero-order chi connectivity index (χ0) is 17.1. The van der Waals surface area contributed by atoms with Gasteiger partial charge in [-0.15, -0.1) is 0 Å². The first-order chi connectivity index (χ1) is 11.6. The molecule has 1 unspecified atom stereocenters. The molecule has 0 bridgehead atoms. The van der Waals surface area contributed by atoms with Gasteiger partial charge >= 0.3 is 0 Å². The molecule has 1 fully saturated rings. The zero-order valence-corrected chi connectivity index (χ0v) is 12.8. The molecule has 0 radical (unpaired) electrons. The molecule has 3 rings (SSSR count). The highest BCUT2D eigenvalue weighted by molar-refractivity contribution is 5.96. The number of nitro benzene ring substituents is 1. The molecule has 1 aromatic carbocycles. The monoisotopic (exact) mass is 331 g/mol. The van der Waals surface area contributed by atoms with Gasteiger partial charge in [0.25, 0.3) is 11.6 Å². The summed E-state index contributed by atoms with van der Waals surface area (Å²) in [5.41, 5.74) is 0.407. The molecule has 8 heteroatoms. The van der Waals surface area contributed by atoms with Gasteiger partial charge in [-0.25, -0.2) is 0 Å². The highest BCUT2D eigenvalue weighted by Crippen LogP contribution is 2.31. The molecule has 24 heavy (non-hydrogen) atoms. The Bertz CT molecular complexity index is 740. The molecule has 1 aliphatic carbocycles. The van der Waals surface area contributed by atoms with Gasteiger partial charge in [0.2, 0.25) is 0 Å². The van der Waals surface area contributed by atoms with Gasteiger partial charge in [-0.05, 0) is 37.1 Å². The van der Waals surface area contributed by atoms with Crippen LogP contribution in [-0.2, 0) is 0 Å². The minimum absolute atomic E-state index is 0.145. The van der Waals surface area contributed by atoms with Crippen LogP contribution in [0.4, 0.5) is 11.4 Å². The second kappa shape index (κ2) is 6.71. The predicted molar refractivity (Wildman–Crippen MR) is 85.7 cm³/mol. The molecule has 1 heterocycles. The average molecular weight is 331 g/mol. The molecule has 1 saturated carbocycles. The molecule has 0 saturated heterocycles. The molecular weight excluding hydrogens is 314 g/mol. The minimum atomic E-state index is -0.712. The number of furan rings is 1. The van der Waals surface area contributed by atoms with E-state index in [0.29, 0.717) is 11.4 Å². The van der Waals surface area contributed by atoms with Gasteiger partial charge in [0.15, 0.2) is 0 Å². The molecule has 8 nitrogen and oxygen atoms in total. The fraction of sp³-hybridized carbons (Fsp3) is 0.312. The SMILES string of the molecule is O=C(NC(CO)c1ccco1)c1ccc(NC2CC2)c([N+](=O)[O-])c1. The van der Waals surface area contributed by atoms with E-state index in [4.69, 9.17) is 4.42 Å². The van der Waals surface area contributed by atoms with Crippen molar-refractivity contribution in [2.75, 3.05) is 11.9 Å². The van der Waals surface area contributed by atoms with Crippen LogP contribution in [0.1, 0.15) is 35.0 Å². The second-order valence-electron chi connectivity index (χ2n) is 5.63. The standard InChI is InChI=1S/C16H17N3O5/c20-9-13(15-2-1-7-24-15)18-16(21)10-3-6-12(17-11-4-5-11)14(8-10)19(22)23/h1-3,6-8,11,13,17,20H,4-5,9H2,(H,18,21). The maximum absolute atomic E-state index is 12.3. The first kappa shape index (κ1) is 16.0. The highest BCUT2D eigenvalue weighted by Gasteiger charge is 2.26. The first-order valence-corrected chi connectivity index (χ1v) is 7.58. The number of nitro groups is 1. The number of benzene rings is 1. The van der Waals surface area contributed by atoms with E-state index in [1.54, 1.807) is 12.1 Å². The van der Waals surface area contributed by atoms with Crippen LogP contribution in [0.5, 0.6) is 0 Å². The van der Waals surface area contributed by atoms with Gasteiger partial charge in [0.1, 0.15) is 17.5 Å². The van der Waals surface area contributed by atoms with Crippen LogP contribution in [-0.4, -0.2) is 28.6 Å². The highest BCUT2D eigenvalue weighted by atomic mass is 16.6. The number of hydrogen-bond acceptors (Lipinski definition) is 6. The van der Waals surface area contributed by atoms with E-state index in [1.165, 1.54) is 24.5 Å². The molecule has 3 N–H and O–H groups in total. The number of amides is 1. The van der Waals surface area contributed by atoms with E-state index in [1.807, 2.05) is 0 Å². The van der Waals surface area contributed by atoms with Crippen LogP contribution in [0.25, 0.3) is 0 Å². The van der Waals surface area contributed by atoms with Crippen molar-refractivity contribution in [3.8, 4) is 0 Å². The third-order valence-electron chi connectivity index (χ3n) is 3.77. The van der Waals surface area contributed by atoms with E-state index >= 15 is 0 Å². The van der Waals surface area contributed by atoms with Crippen molar-refractivity contribution in [2.24, 2.45) is 0 Å². The number of rotatable bonds is 7. The number of carbonyl (C=O) groups is 1. The molecule has 1 amide bonds. The van der Waals surface area contributed by atoms with Crippen molar-refractivity contribution in [3.05, 3.63) is 58.0 Å². The summed E-state index contributed by atoms with van der Waals surface area (Å²) in [6.07, 6.45) is 3.41. The molecule has 1 atom stereocenters. The molecule has 1 aromatic heterocycles. The van der Waals surface area contributed by atoms with Gasteiger partial charge in [0, 0.05) is 17.7 Å². The van der Waals surface area contributed by atoms with Gasteiger partial charge in [-0.1, -0.05) is 0 Å². The fourth-order valence-corrected chi connectivity index (χ4v) is 2.33. The number of nitrogens with one attached hydrogen (secondary N) is 2. The lowest BCUT2D eigenvalue weighted by atomic mass is 10.1. The summed E-state index contributed by atoms with van der Waals surface area (Å²) in [5, 5.41) is 26.3. The summed E-state index contributed by atoms with van der Waals surface area (Å²) in [6.45, 7) is -0.345. The van der Waals surface area contributed by atoms with Crippen molar-refractivity contribution >= 4 is 17.3 Å². The van der Waals surface area contributed by atoms with Crippen LogP contribution >= 0.6 is 0 Å². The van der Waals surface area contributed by atoms with Crippen LogP contribution in [0.3, 0.4) is 0 Å². The minimum Gasteiger partial charge on any atom is -0.467 e. The third-order valence-corrected chi connectivity index (χ3v) is 3.77. The molecular formula is C16H17N3O5. The normalized spacial score (nSPS) is 14.9. The second-order valence-corrected chi connectivity index (χ2v) is 5.63. The Labute approximate surface area is 137 Å². The first-order valence-electron chi connectivity index (χ1n) is 7.58. The number of aliphatic hydroxyl groups excluding tert-OH is 1. The van der Waals surface area contributed by atoms with E-state index < -0.39 is 16.9 Å². The lowest BCUT2D eigenvalue weighted by Crippen LogP contribution is -2.30. The maximum atomic E-state index is 12.3. The zero-order valence-electron chi connectivity index (χ0n) is 12.8. The number of aliphatic hydroxyl groups is 1. The number of nitrogens with zero attached hydrogens (tertiary/aromatic N) is 1. The lowest BCUT2D eigenvalue weighted by molar-refractivity contribution is -0.384. The predicted octanol–water partition coefficient (Wildman–Crippen LogP) is 2.23. The van der Waals surface area contributed by atoms with Crippen molar-refractivity contribution in [1.29, 1.82) is 0 Å². The third kappa shape index (κ3) is 3.54. The molecule has 0 spiro atoms. The Hall–Kier alpha value is -2.87. The van der Waals surface area contributed by atoms with Crippen molar-refractivity contribution in [2.45, 2.75) is 24.9 Å². The van der Waals surface area contributed by atoms with E-state index in [-0.39, 0.29) is 23.9 Å². The quantitative estimate of drug-likeness (QED) is 0.529. The van der Waals surface area contributed by atoms with Gasteiger partial charge in [-0.3, -0.25) is 14.9 Å². The number of carbonyl (C=O) groups excluding carboxylic acids is 1. The lowest BCUT2D eigenvalue weighted by Gasteiger charge is -2.14. The van der Waals surface area contributed by atoms with Gasteiger partial charge in [0.05, 0.1) is 17.8 Å². The number of anilines is 1. The van der Waals surface area contributed by atoms with Gasteiger partial charge < -0.3 is 20.2 Å². The Kier molecular flexibility index (Phi) is 4.48. The Morgan fingerprint density at radius 3 is 2.79 bits per heavy atom. The van der Waals surface area contributed by atoms with Crippen molar-refractivity contribution in [3.63, 3.8) is 0 Å². The summed E-state index contributed by atoms with van der Waals surface area (Å²) in [7, 11) is 0. The Balaban J connectivity index is 1.78. The van der Waals surface area contributed by atoms with Crippen LogP contribution in [0.2, 0.25) is 0 Å². The summed E-state index contributed by atoms with van der Waals surface area (Å²) >= 11 is 0. The fourth-order valence-electron chi connectivity index (χ4n) is 2.33. The van der Waals surface area contributed by atoms with Crippen LogP contribution in [0, 0.1) is 10.1 Å².